The quantitative estimate of drug-likeness (QED) is 0.625. The van der Waals surface area contributed by atoms with Gasteiger partial charge in [0, 0.05) is 50.0 Å². The third-order valence-corrected chi connectivity index (χ3v) is 6.80. The van der Waals surface area contributed by atoms with Crippen LogP contribution in [0.5, 0.6) is 0 Å². The number of rotatable bonds is 4. The molecule has 1 aliphatic rings. The minimum absolute atomic E-state index is 0.217. The van der Waals surface area contributed by atoms with Crippen LogP contribution in [0.3, 0.4) is 0 Å². The van der Waals surface area contributed by atoms with Gasteiger partial charge in [-0.05, 0) is 48.9 Å². The number of hydrogen-bond donors (Lipinski definition) is 0. The van der Waals surface area contributed by atoms with Crippen LogP contribution in [0.4, 0.5) is 0 Å². The topological polar surface area (TPSA) is 83.7 Å². The summed E-state index contributed by atoms with van der Waals surface area (Å²) in [6.45, 7) is 3.18. The number of hydrogen-bond acceptors (Lipinski definition) is 6. The zero-order chi connectivity index (χ0) is 19.6. The Kier molecular flexibility index (Phi) is 5.25. The molecule has 0 radical (unpaired) electrons. The molecule has 0 amide bonds. The molecule has 1 saturated heterocycles. The first-order valence-electron chi connectivity index (χ1n) is 9.18. The highest BCUT2D eigenvalue weighted by molar-refractivity contribution is 7.89. The van der Waals surface area contributed by atoms with E-state index in [-0.39, 0.29) is 4.90 Å². The molecule has 2 aromatic heterocycles. The van der Waals surface area contributed by atoms with Crippen molar-refractivity contribution in [2.45, 2.75) is 17.9 Å². The average Bonchev–Trinajstić information content (AvgIpc) is 2.94. The van der Waals surface area contributed by atoms with Crippen LogP contribution in [0.2, 0.25) is 0 Å². The smallest absolute Gasteiger partial charge is 0.336 e. The first-order chi connectivity index (χ1) is 13.5. The van der Waals surface area contributed by atoms with Gasteiger partial charge >= 0.3 is 5.63 Å². The van der Waals surface area contributed by atoms with E-state index in [0.29, 0.717) is 30.6 Å². The maximum Gasteiger partial charge on any atom is 0.336 e. The Balaban J connectivity index is 1.51. The van der Waals surface area contributed by atoms with Crippen LogP contribution in [0.25, 0.3) is 11.0 Å². The SMILES string of the molecule is O=c1ccc2cc(S(=O)(=O)N3CCCN(Cc4cccnc4)CC3)ccc2o1. The van der Waals surface area contributed by atoms with Crippen molar-refractivity contribution in [2.75, 3.05) is 26.2 Å². The number of fused-ring (bicyclic) bond motifs is 1. The molecule has 1 fully saturated rings. The molecule has 146 valence electrons. The lowest BCUT2D eigenvalue weighted by molar-refractivity contribution is 0.278. The van der Waals surface area contributed by atoms with Crippen molar-refractivity contribution in [2.24, 2.45) is 0 Å². The lowest BCUT2D eigenvalue weighted by atomic mass is 10.2. The highest BCUT2D eigenvalue weighted by Gasteiger charge is 2.27. The third-order valence-electron chi connectivity index (χ3n) is 4.91. The molecular formula is C20H21N3O4S. The zero-order valence-corrected chi connectivity index (χ0v) is 16.1. The first kappa shape index (κ1) is 18.8. The summed E-state index contributed by atoms with van der Waals surface area (Å²) in [6, 6.07) is 11.4. The summed E-state index contributed by atoms with van der Waals surface area (Å²) in [5, 5.41) is 0.591. The summed E-state index contributed by atoms with van der Waals surface area (Å²) in [5.41, 5.74) is 1.05. The molecule has 0 bridgehead atoms. The molecule has 4 rings (SSSR count). The van der Waals surface area contributed by atoms with Gasteiger partial charge in [-0.2, -0.15) is 4.31 Å². The molecule has 3 aromatic rings. The Morgan fingerprint density at radius 1 is 1.04 bits per heavy atom. The van der Waals surface area contributed by atoms with Crippen LogP contribution < -0.4 is 5.63 Å². The third kappa shape index (κ3) is 3.99. The molecular weight excluding hydrogens is 378 g/mol. The number of aromatic nitrogens is 1. The van der Waals surface area contributed by atoms with E-state index in [1.807, 2.05) is 18.3 Å². The first-order valence-corrected chi connectivity index (χ1v) is 10.6. The Bertz CT molecular complexity index is 1130. The molecule has 1 aliphatic heterocycles. The molecule has 1 aromatic carbocycles. The average molecular weight is 399 g/mol. The van der Waals surface area contributed by atoms with Crippen LogP contribution in [-0.2, 0) is 16.6 Å². The summed E-state index contributed by atoms with van der Waals surface area (Å²) >= 11 is 0. The molecule has 0 atom stereocenters. The van der Waals surface area contributed by atoms with Gasteiger partial charge in [0.15, 0.2) is 0 Å². The predicted molar refractivity (Wildman–Crippen MR) is 105 cm³/mol. The van der Waals surface area contributed by atoms with Crippen molar-refractivity contribution in [3.8, 4) is 0 Å². The van der Waals surface area contributed by atoms with Gasteiger partial charge in [-0.1, -0.05) is 6.07 Å². The van der Waals surface area contributed by atoms with Crippen LogP contribution in [0.15, 0.2) is 69.0 Å². The number of benzene rings is 1. The minimum atomic E-state index is -3.61. The van der Waals surface area contributed by atoms with Gasteiger partial charge in [-0.3, -0.25) is 9.88 Å². The molecule has 28 heavy (non-hydrogen) atoms. The van der Waals surface area contributed by atoms with Crippen LogP contribution in [0, 0.1) is 0 Å². The number of nitrogens with zero attached hydrogens (tertiary/aromatic N) is 3. The molecule has 8 heteroatoms. The van der Waals surface area contributed by atoms with E-state index >= 15 is 0 Å². The van der Waals surface area contributed by atoms with Gasteiger partial charge < -0.3 is 4.42 Å². The Morgan fingerprint density at radius 2 is 1.93 bits per heavy atom. The Labute approximate surface area is 163 Å². The van der Waals surface area contributed by atoms with Crippen molar-refractivity contribution in [1.82, 2.24) is 14.2 Å². The molecule has 0 saturated carbocycles. The summed E-state index contributed by atoms with van der Waals surface area (Å²) in [5.74, 6) is 0. The lowest BCUT2D eigenvalue weighted by Gasteiger charge is -2.22. The van der Waals surface area contributed by atoms with E-state index in [1.54, 1.807) is 18.3 Å². The van der Waals surface area contributed by atoms with E-state index < -0.39 is 15.6 Å². The van der Waals surface area contributed by atoms with E-state index in [4.69, 9.17) is 4.42 Å². The monoisotopic (exact) mass is 399 g/mol. The van der Waals surface area contributed by atoms with Gasteiger partial charge in [0.25, 0.3) is 0 Å². The Morgan fingerprint density at radius 3 is 2.75 bits per heavy atom. The van der Waals surface area contributed by atoms with E-state index in [9.17, 15) is 13.2 Å². The van der Waals surface area contributed by atoms with Crippen LogP contribution in [-0.4, -0.2) is 48.8 Å². The van der Waals surface area contributed by atoms with Crippen molar-refractivity contribution in [1.29, 1.82) is 0 Å². The molecule has 0 N–H and O–H groups in total. The fraction of sp³-hybridized carbons (Fsp3) is 0.300. The van der Waals surface area contributed by atoms with Crippen LogP contribution >= 0.6 is 0 Å². The second-order valence-corrected chi connectivity index (χ2v) is 8.79. The summed E-state index contributed by atoms with van der Waals surface area (Å²) < 4.78 is 32.9. The van der Waals surface area contributed by atoms with Gasteiger partial charge in [-0.25, -0.2) is 13.2 Å². The molecule has 0 aliphatic carbocycles. The normalized spacial score (nSPS) is 16.9. The second-order valence-electron chi connectivity index (χ2n) is 6.85. The number of sulfonamides is 1. The standard InChI is InChI=1S/C20H21N3O4S/c24-20-7-4-17-13-18(5-6-19(17)27-20)28(25,26)23-10-2-9-22(11-12-23)15-16-3-1-8-21-14-16/h1,3-8,13-14H,2,9-12,15H2. The van der Waals surface area contributed by atoms with Crippen molar-refractivity contribution in [3.05, 3.63) is 70.8 Å². The lowest BCUT2D eigenvalue weighted by Crippen LogP contribution is -2.35. The van der Waals surface area contributed by atoms with Crippen LogP contribution in [0.1, 0.15) is 12.0 Å². The van der Waals surface area contributed by atoms with E-state index in [2.05, 4.69) is 9.88 Å². The number of pyridine rings is 1. The maximum absolute atomic E-state index is 13.1. The zero-order valence-electron chi connectivity index (χ0n) is 15.3. The molecule has 0 spiro atoms. The van der Waals surface area contributed by atoms with Crippen molar-refractivity contribution in [3.63, 3.8) is 0 Å². The molecule has 0 unspecified atom stereocenters. The van der Waals surface area contributed by atoms with Gasteiger partial charge in [-0.15, -0.1) is 0 Å². The fourth-order valence-corrected chi connectivity index (χ4v) is 4.96. The van der Waals surface area contributed by atoms with Crippen molar-refractivity contribution < 1.29 is 12.8 Å². The highest BCUT2D eigenvalue weighted by Crippen LogP contribution is 2.22. The largest absolute Gasteiger partial charge is 0.423 e. The van der Waals surface area contributed by atoms with Crippen molar-refractivity contribution >= 4 is 21.0 Å². The summed E-state index contributed by atoms with van der Waals surface area (Å²) in [6.07, 6.45) is 4.35. The Hall–Kier alpha value is -2.55. The molecule has 7 nitrogen and oxygen atoms in total. The summed E-state index contributed by atoms with van der Waals surface area (Å²) in [7, 11) is -3.61. The van der Waals surface area contributed by atoms with Gasteiger partial charge in [0.1, 0.15) is 5.58 Å². The fourth-order valence-electron chi connectivity index (χ4n) is 3.46. The van der Waals surface area contributed by atoms with Gasteiger partial charge in [0.2, 0.25) is 10.0 Å². The van der Waals surface area contributed by atoms with Gasteiger partial charge in [0.05, 0.1) is 4.90 Å². The second kappa shape index (κ2) is 7.83. The molecule has 3 heterocycles. The van der Waals surface area contributed by atoms with E-state index in [0.717, 1.165) is 25.1 Å². The predicted octanol–water partition coefficient (Wildman–Crippen LogP) is 2.08. The summed E-state index contributed by atoms with van der Waals surface area (Å²) in [4.78, 5) is 17.9. The maximum atomic E-state index is 13.1. The minimum Gasteiger partial charge on any atom is -0.423 e. The highest BCUT2D eigenvalue weighted by atomic mass is 32.2. The van der Waals surface area contributed by atoms with E-state index in [1.165, 1.54) is 22.5 Å².